The third kappa shape index (κ3) is 6.84. The van der Waals surface area contributed by atoms with Crippen LogP contribution >= 0.6 is 0 Å². The third-order valence-electron chi connectivity index (χ3n) is 11.0. The lowest BCUT2D eigenvalue weighted by Crippen LogP contribution is -2.56. The van der Waals surface area contributed by atoms with Gasteiger partial charge in [0.25, 0.3) is 0 Å². The van der Waals surface area contributed by atoms with Crippen molar-refractivity contribution in [2.75, 3.05) is 13.7 Å². The van der Waals surface area contributed by atoms with Gasteiger partial charge in [-0.3, -0.25) is 19.2 Å². The summed E-state index contributed by atoms with van der Waals surface area (Å²) in [6, 6.07) is 3.25. The molecule has 0 radical (unpaired) electrons. The van der Waals surface area contributed by atoms with Crippen molar-refractivity contribution in [3.63, 3.8) is 0 Å². The summed E-state index contributed by atoms with van der Waals surface area (Å²) in [6.45, 7) is 2.05. The van der Waals surface area contributed by atoms with Gasteiger partial charge in [-0.05, 0) is 51.7 Å². The molecule has 1 heterocycles. The number of ketones is 3. The fourth-order valence-corrected chi connectivity index (χ4v) is 7.83. The maximum atomic E-state index is 13.9. The summed E-state index contributed by atoms with van der Waals surface area (Å²) in [4.78, 5) is 65.5. The van der Waals surface area contributed by atoms with Gasteiger partial charge < -0.3 is 54.9 Å². The van der Waals surface area contributed by atoms with Gasteiger partial charge in [-0.15, -0.1) is 0 Å². The summed E-state index contributed by atoms with van der Waals surface area (Å²) in [7, 11) is 1.30. The summed E-state index contributed by atoms with van der Waals surface area (Å²) >= 11 is 0. The van der Waals surface area contributed by atoms with E-state index in [1.54, 1.807) is 19.1 Å². The lowest BCUT2D eigenvalue weighted by Gasteiger charge is -2.42. The lowest BCUT2D eigenvalue weighted by molar-refractivity contribution is -0.249. The summed E-state index contributed by atoms with van der Waals surface area (Å²) in [6.07, 6.45) is -3.32. The predicted octanol–water partition coefficient (Wildman–Crippen LogP) is 2.36. The van der Waals surface area contributed by atoms with E-state index in [0.29, 0.717) is 12.8 Å². The molecule has 290 valence electrons. The van der Waals surface area contributed by atoms with Crippen LogP contribution in [0.15, 0.2) is 30.4 Å². The average Bonchev–Trinajstić information content (AvgIpc) is 3.12. The number of methoxy groups -OCH3 is 1. The summed E-state index contributed by atoms with van der Waals surface area (Å²) < 4.78 is 23.0. The Balaban J connectivity index is 1.29. The van der Waals surface area contributed by atoms with Crippen molar-refractivity contribution in [2.45, 2.75) is 101 Å². The van der Waals surface area contributed by atoms with Crippen LogP contribution in [0.3, 0.4) is 0 Å². The molecule has 1 saturated heterocycles. The fourth-order valence-electron chi connectivity index (χ4n) is 7.83. The molecular formula is C38H43NO15. The number of aliphatic hydroxyl groups is 3. The number of carbonyl (C=O) groups is 5. The molecule has 8 atom stereocenters. The van der Waals surface area contributed by atoms with Crippen LogP contribution in [0, 0.1) is 5.41 Å². The Kier molecular flexibility index (Phi) is 10.6. The number of phenols is 2. The second kappa shape index (κ2) is 14.8. The predicted molar refractivity (Wildman–Crippen MR) is 184 cm³/mol. The highest BCUT2D eigenvalue weighted by atomic mass is 16.7. The van der Waals surface area contributed by atoms with Crippen LogP contribution in [0.1, 0.15) is 101 Å². The van der Waals surface area contributed by atoms with E-state index in [-0.39, 0.29) is 47.3 Å². The Morgan fingerprint density at radius 1 is 1.06 bits per heavy atom. The molecule has 1 fully saturated rings. The van der Waals surface area contributed by atoms with Crippen LogP contribution in [0.25, 0.3) is 0 Å². The maximum Gasteiger partial charge on any atom is 0.408 e. The number of hydrogen-bond acceptors (Lipinski definition) is 14. The topological polar surface area (TPSA) is 256 Å². The number of rotatable bonds is 8. The second-order valence-corrected chi connectivity index (χ2v) is 14.6. The quantitative estimate of drug-likeness (QED) is 0.129. The first kappa shape index (κ1) is 38.8. The molecule has 16 nitrogen and oxygen atoms in total. The monoisotopic (exact) mass is 753 g/mol. The van der Waals surface area contributed by atoms with Crippen LogP contribution in [-0.4, -0.2) is 110 Å². The number of aliphatic carboxylic acids is 1. The molecule has 7 N–H and O–H groups in total. The largest absolute Gasteiger partial charge is 0.507 e. The standard InChI is InChI=1S/C38H43NO15/c1-17-30(42)21(39-36(49)53-18-7-4-5-11-37(2,12-10-18)35(47)48)13-25(52-17)54-23-15-38(50,24(41)16-40)14-20-27(23)34(46)29-28(32(20)44)31(43)19-8-6-9-22(51-3)26(19)33(29)45/h4,6-9,17-18,21,23,25,30,40,42,44,46,50H,5,10-16H2,1-3H3,(H,39,49)(H,47,48)/b7-4+/t17?,18-,21-,23+,25+,30-,37+,38+/m1/s1. The van der Waals surface area contributed by atoms with Gasteiger partial charge in [0.15, 0.2) is 17.9 Å². The van der Waals surface area contributed by atoms with E-state index >= 15 is 0 Å². The molecule has 1 amide bonds. The Morgan fingerprint density at radius 2 is 1.78 bits per heavy atom. The normalized spacial score (nSPS) is 31.1. The highest BCUT2D eigenvalue weighted by Gasteiger charge is 2.50. The van der Waals surface area contributed by atoms with Crippen molar-refractivity contribution in [1.82, 2.24) is 5.32 Å². The molecule has 1 unspecified atom stereocenters. The second-order valence-electron chi connectivity index (χ2n) is 14.6. The number of aromatic hydroxyl groups is 2. The molecule has 0 spiro atoms. The van der Waals surface area contributed by atoms with Crippen molar-refractivity contribution in [1.29, 1.82) is 0 Å². The Bertz CT molecular complexity index is 1920. The maximum absolute atomic E-state index is 13.9. The zero-order valence-electron chi connectivity index (χ0n) is 29.9. The molecule has 54 heavy (non-hydrogen) atoms. The number of Topliss-reactive ketones (excluding diaryl/α,β-unsaturated/α-hetero) is 1. The van der Waals surface area contributed by atoms with E-state index < -0.39 is 119 Å². The van der Waals surface area contributed by atoms with Gasteiger partial charge in [0.1, 0.15) is 41.7 Å². The van der Waals surface area contributed by atoms with E-state index in [1.165, 1.54) is 32.2 Å². The third-order valence-corrected chi connectivity index (χ3v) is 11.0. The molecule has 1 aliphatic heterocycles. The lowest BCUT2D eigenvalue weighted by atomic mass is 9.72. The zero-order valence-corrected chi connectivity index (χ0v) is 29.9. The molecule has 0 saturated carbocycles. The van der Waals surface area contributed by atoms with Gasteiger partial charge in [-0.1, -0.05) is 18.2 Å². The van der Waals surface area contributed by atoms with Crippen LogP contribution < -0.4 is 10.1 Å². The molecule has 16 heteroatoms. The van der Waals surface area contributed by atoms with Crippen molar-refractivity contribution in [3.05, 3.63) is 63.7 Å². The van der Waals surface area contributed by atoms with Gasteiger partial charge >= 0.3 is 12.1 Å². The molecule has 6 rings (SSSR count). The number of nitrogens with one attached hydrogen (secondary N) is 1. The number of allylic oxidation sites excluding steroid dienone is 1. The molecule has 2 aromatic rings. The summed E-state index contributed by atoms with van der Waals surface area (Å²) in [5.41, 5.74) is -5.16. The highest BCUT2D eigenvalue weighted by molar-refractivity contribution is 6.31. The van der Waals surface area contributed by atoms with Crippen LogP contribution in [0.2, 0.25) is 0 Å². The minimum absolute atomic E-state index is 0.0494. The van der Waals surface area contributed by atoms with Gasteiger partial charge in [0.2, 0.25) is 5.78 Å². The minimum atomic E-state index is -2.36. The number of ether oxygens (including phenoxy) is 4. The number of hydrogen-bond donors (Lipinski definition) is 7. The van der Waals surface area contributed by atoms with Gasteiger partial charge in [0.05, 0.1) is 47.5 Å². The minimum Gasteiger partial charge on any atom is -0.507 e. The smallest absolute Gasteiger partial charge is 0.408 e. The van der Waals surface area contributed by atoms with E-state index in [0.717, 1.165) is 0 Å². The number of amides is 1. The number of carboxylic acids is 1. The average molecular weight is 754 g/mol. The molecule has 4 aliphatic rings. The Hall–Kier alpha value is -4.87. The fraction of sp³-hybridized carbons (Fsp3) is 0.500. The van der Waals surface area contributed by atoms with Crippen molar-refractivity contribution < 1.29 is 73.6 Å². The van der Waals surface area contributed by atoms with E-state index in [1.807, 2.05) is 0 Å². The molecule has 2 aromatic carbocycles. The van der Waals surface area contributed by atoms with Crippen LogP contribution in [0.5, 0.6) is 17.2 Å². The summed E-state index contributed by atoms with van der Waals surface area (Å²) in [5, 5.41) is 67.9. The van der Waals surface area contributed by atoms with E-state index in [2.05, 4.69) is 5.32 Å². The number of carbonyl (C=O) groups excluding carboxylic acids is 4. The number of carboxylic acid groups (broad SMARTS) is 1. The van der Waals surface area contributed by atoms with Crippen LogP contribution in [-0.2, 0) is 30.2 Å². The van der Waals surface area contributed by atoms with Crippen molar-refractivity contribution in [2.24, 2.45) is 5.41 Å². The number of phenolic OH excluding ortho intramolecular Hbond substituents is 2. The first-order valence-electron chi connectivity index (χ1n) is 17.6. The Morgan fingerprint density at radius 3 is 2.46 bits per heavy atom. The molecule has 0 bridgehead atoms. The number of fused-ring (bicyclic) bond motifs is 3. The number of benzene rings is 2. The van der Waals surface area contributed by atoms with Gasteiger partial charge in [0, 0.05) is 36.0 Å². The first-order valence-corrected chi connectivity index (χ1v) is 17.6. The van der Waals surface area contributed by atoms with Crippen molar-refractivity contribution in [3.8, 4) is 17.2 Å². The number of aliphatic hydroxyl groups excluding tert-OH is 2. The van der Waals surface area contributed by atoms with Gasteiger partial charge in [-0.25, -0.2) is 4.79 Å². The molecule has 0 aromatic heterocycles. The number of alkyl carbamates (subject to hydrolysis) is 1. The van der Waals surface area contributed by atoms with Crippen LogP contribution in [0.4, 0.5) is 4.79 Å². The molecular weight excluding hydrogens is 710 g/mol. The van der Waals surface area contributed by atoms with E-state index in [9.17, 15) is 54.6 Å². The first-order chi connectivity index (χ1) is 25.5. The zero-order chi connectivity index (χ0) is 39.3. The highest BCUT2D eigenvalue weighted by Crippen LogP contribution is 2.52. The Labute approximate surface area is 309 Å². The summed E-state index contributed by atoms with van der Waals surface area (Å²) in [5.74, 6) is -5.11. The van der Waals surface area contributed by atoms with E-state index in [4.69, 9.17) is 18.9 Å². The van der Waals surface area contributed by atoms with Crippen molar-refractivity contribution >= 4 is 29.4 Å². The van der Waals surface area contributed by atoms with Gasteiger partial charge in [-0.2, -0.15) is 0 Å². The SMILES string of the molecule is COc1cccc2c1C(=O)c1c(O)c3c(c(O)c1C2=O)C[C@@](O)(C(=O)CO)C[C@@H]3O[C@H]1C[C@@H](NC(=O)O[C@@H]2/C=C/CC[C@](C)(C(=O)O)CC2)[C@H](O)C(C)O1. The molecule has 3 aliphatic carbocycles.